The molecule has 1 unspecified atom stereocenters. The molecule has 0 aromatic heterocycles. The zero-order valence-electron chi connectivity index (χ0n) is 15.4. The van der Waals surface area contributed by atoms with Crippen LogP contribution in [0.15, 0.2) is 48.6 Å². The van der Waals surface area contributed by atoms with Crippen LogP contribution in [0.3, 0.4) is 0 Å². The molecule has 0 spiro atoms. The van der Waals surface area contributed by atoms with Crippen molar-refractivity contribution in [2.24, 2.45) is 0 Å². The lowest BCUT2D eigenvalue weighted by atomic mass is 10.2. The van der Waals surface area contributed by atoms with Gasteiger partial charge in [0.1, 0.15) is 0 Å². The van der Waals surface area contributed by atoms with Crippen molar-refractivity contribution in [3.05, 3.63) is 48.6 Å². The number of hydrogen-bond acceptors (Lipinski definition) is 1. The predicted molar refractivity (Wildman–Crippen MR) is 111 cm³/mol. The van der Waals surface area contributed by atoms with Gasteiger partial charge in [-0.05, 0) is 44.9 Å². The molecule has 136 valence electrons. The van der Waals surface area contributed by atoms with Gasteiger partial charge in [-0.15, -0.1) is 9.24 Å². The van der Waals surface area contributed by atoms with Gasteiger partial charge in [0, 0.05) is 12.7 Å². The van der Waals surface area contributed by atoms with Gasteiger partial charge in [0.05, 0.1) is 0 Å². The van der Waals surface area contributed by atoms with E-state index in [1.807, 2.05) is 0 Å². The summed E-state index contributed by atoms with van der Waals surface area (Å²) < 4.78 is 0. The summed E-state index contributed by atoms with van der Waals surface area (Å²) in [6.45, 7) is 2.24. The van der Waals surface area contributed by atoms with Crippen molar-refractivity contribution in [1.29, 1.82) is 0 Å². The maximum atomic E-state index is 11.2. The van der Waals surface area contributed by atoms with Gasteiger partial charge in [0.2, 0.25) is 5.91 Å². The zero-order chi connectivity index (χ0) is 17.7. The van der Waals surface area contributed by atoms with E-state index in [4.69, 9.17) is 0 Å². The van der Waals surface area contributed by atoms with Crippen LogP contribution in [0.25, 0.3) is 0 Å². The standard InChI is InChI=1S/C21H36NOP/c1-2-3-4-5-6-7-8-9-10-11-12-13-14-15-16-17-18-19-21(23)22-20-24/h6-7,9-10,12-13,15-16H,2-5,8,11,14,17-20,24H2,1H3,(H,22,23)/b7-6-,10-9-,13-12-,16-15-. The minimum Gasteiger partial charge on any atom is -0.353 e. The second kappa shape index (κ2) is 19.9. The highest BCUT2D eigenvalue weighted by Crippen LogP contribution is 2.01. The van der Waals surface area contributed by atoms with Crippen LogP contribution < -0.4 is 5.32 Å². The number of carbonyl (C=O) groups excluding carboxylic acids is 1. The number of hydrogen-bond donors (Lipinski definition) is 1. The Morgan fingerprint density at radius 1 is 0.792 bits per heavy atom. The summed E-state index contributed by atoms with van der Waals surface area (Å²) in [4.78, 5) is 11.2. The first-order valence-electron chi connectivity index (χ1n) is 9.38. The van der Waals surface area contributed by atoms with Crippen LogP contribution >= 0.6 is 9.24 Å². The van der Waals surface area contributed by atoms with Gasteiger partial charge in [-0.25, -0.2) is 0 Å². The molecule has 0 rings (SSSR count). The van der Waals surface area contributed by atoms with Crippen molar-refractivity contribution in [2.45, 2.75) is 71.1 Å². The number of amides is 1. The normalized spacial score (nSPS) is 12.2. The fourth-order valence-corrected chi connectivity index (χ4v) is 2.37. The van der Waals surface area contributed by atoms with Gasteiger partial charge in [0.25, 0.3) is 0 Å². The Morgan fingerprint density at radius 2 is 1.29 bits per heavy atom. The van der Waals surface area contributed by atoms with Gasteiger partial charge >= 0.3 is 0 Å². The largest absolute Gasteiger partial charge is 0.353 e. The molecule has 24 heavy (non-hydrogen) atoms. The molecule has 0 aliphatic carbocycles. The van der Waals surface area contributed by atoms with E-state index < -0.39 is 0 Å². The van der Waals surface area contributed by atoms with E-state index in [2.05, 4.69) is 70.1 Å². The average Bonchev–Trinajstić information content (AvgIpc) is 2.58. The minimum atomic E-state index is 0.140. The Kier molecular flexibility index (Phi) is 19.0. The third-order valence-electron chi connectivity index (χ3n) is 3.53. The molecular formula is C21H36NOP. The molecule has 0 aliphatic heterocycles. The summed E-state index contributed by atoms with van der Waals surface area (Å²) in [6, 6.07) is 0. The zero-order valence-corrected chi connectivity index (χ0v) is 16.5. The second-order valence-corrected chi connectivity index (χ2v) is 6.19. The lowest BCUT2D eigenvalue weighted by molar-refractivity contribution is -0.120. The monoisotopic (exact) mass is 349 g/mol. The quantitative estimate of drug-likeness (QED) is 0.217. The SMILES string of the molecule is CCCCC/C=C\C/C=C\C/C=C\C/C=C\CCCC(=O)NCP. The van der Waals surface area contributed by atoms with Crippen LogP contribution in [0.1, 0.15) is 71.1 Å². The lowest BCUT2D eigenvalue weighted by Crippen LogP contribution is -2.20. The molecule has 0 saturated heterocycles. The molecule has 1 N–H and O–H groups in total. The Labute approximate surface area is 151 Å². The van der Waals surface area contributed by atoms with E-state index in [1.165, 1.54) is 25.7 Å². The van der Waals surface area contributed by atoms with Crippen LogP contribution in [-0.4, -0.2) is 12.2 Å². The molecule has 3 heteroatoms. The van der Waals surface area contributed by atoms with E-state index in [9.17, 15) is 4.79 Å². The van der Waals surface area contributed by atoms with E-state index in [0.29, 0.717) is 12.7 Å². The maximum absolute atomic E-state index is 11.2. The van der Waals surface area contributed by atoms with Gasteiger partial charge in [-0.3, -0.25) is 4.79 Å². The summed E-state index contributed by atoms with van der Waals surface area (Å²) in [6.07, 6.45) is 29.1. The Bertz CT molecular complexity index is 397. The van der Waals surface area contributed by atoms with E-state index in [1.54, 1.807) is 0 Å². The van der Waals surface area contributed by atoms with Crippen LogP contribution in [0.5, 0.6) is 0 Å². The molecule has 0 aromatic rings. The molecule has 1 amide bonds. The van der Waals surface area contributed by atoms with Crippen molar-refractivity contribution in [1.82, 2.24) is 5.32 Å². The average molecular weight is 349 g/mol. The van der Waals surface area contributed by atoms with Crippen molar-refractivity contribution in [3.63, 3.8) is 0 Å². The maximum Gasteiger partial charge on any atom is 0.220 e. The van der Waals surface area contributed by atoms with Crippen LogP contribution in [0.2, 0.25) is 0 Å². The number of nitrogens with one attached hydrogen (secondary N) is 1. The first-order valence-corrected chi connectivity index (χ1v) is 10.2. The molecule has 0 radical (unpaired) electrons. The Morgan fingerprint density at radius 3 is 1.79 bits per heavy atom. The van der Waals surface area contributed by atoms with Gasteiger partial charge in [-0.2, -0.15) is 0 Å². The smallest absolute Gasteiger partial charge is 0.220 e. The topological polar surface area (TPSA) is 29.1 Å². The predicted octanol–water partition coefficient (Wildman–Crippen LogP) is 6.08. The summed E-state index contributed by atoms with van der Waals surface area (Å²) in [5, 5.41) is 2.78. The molecule has 0 fully saturated rings. The lowest BCUT2D eigenvalue weighted by Gasteiger charge is -1.99. The number of rotatable bonds is 15. The van der Waals surface area contributed by atoms with Crippen LogP contribution in [0, 0.1) is 0 Å². The van der Waals surface area contributed by atoms with Gasteiger partial charge in [-0.1, -0.05) is 68.4 Å². The van der Waals surface area contributed by atoms with E-state index in [0.717, 1.165) is 32.1 Å². The molecule has 0 heterocycles. The van der Waals surface area contributed by atoms with Crippen LogP contribution in [0.4, 0.5) is 0 Å². The number of allylic oxidation sites excluding steroid dienone is 8. The highest BCUT2D eigenvalue weighted by atomic mass is 31.0. The number of carbonyl (C=O) groups is 1. The van der Waals surface area contributed by atoms with E-state index in [-0.39, 0.29) is 5.91 Å². The Hall–Kier alpha value is -1.14. The molecular weight excluding hydrogens is 313 g/mol. The van der Waals surface area contributed by atoms with Crippen molar-refractivity contribution in [3.8, 4) is 0 Å². The third kappa shape index (κ3) is 18.9. The molecule has 2 nitrogen and oxygen atoms in total. The molecule has 0 saturated carbocycles. The highest BCUT2D eigenvalue weighted by Gasteiger charge is 1.96. The summed E-state index contributed by atoms with van der Waals surface area (Å²) >= 11 is 0. The molecule has 0 bridgehead atoms. The summed E-state index contributed by atoms with van der Waals surface area (Å²) in [7, 11) is 2.50. The minimum absolute atomic E-state index is 0.140. The first kappa shape index (κ1) is 22.9. The van der Waals surface area contributed by atoms with E-state index >= 15 is 0 Å². The molecule has 0 aromatic carbocycles. The third-order valence-corrected chi connectivity index (χ3v) is 3.74. The highest BCUT2D eigenvalue weighted by molar-refractivity contribution is 7.16. The Balaban J connectivity index is 3.43. The number of unbranched alkanes of at least 4 members (excludes halogenated alkanes) is 4. The summed E-state index contributed by atoms with van der Waals surface area (Å²) in [5.74, 6) is 0.140. The molecule has 0 aliphatic rings. The second-order valence-electron chi connectivity index (χ2n) is 5.78. The van der Waals surface area contributed by atoms with Crippen molar-refractivity contribution >= 4 is 15.1 Å². The fourth-order valence-electron chi connectivity index (χ4n) is 2.14. The van der Waals surface area contributed by atoms with Crippen LogP contribution in [-0.2, 0) is 4.79 Å². The van der Waals surface area contributed by atoms with Gasteiger partial charge < -0.3 is 5.32 Å². The van der Waals surface area contributed by atoms with Gasteiger partial charge in [0.15, 0.2) is 0 Å². The molecule has 1 atom stereocenters. The summed E-state index contributed by atoms with van der Waals surface area (Å²) in [5.41, 5.74) is 0. The van der Waals surface area contributed by atoms with Crippen molar-refractivity contribution in [2.75, 3.05) is 6.29 Å². The van der Waals surface area contributed by atoms with Crippen molar-refractivity contribution < 1.29 is 4.79 Å². The fraction of sp³-hybridized carbons (Fsp3) is 0.571. The first-order chi connectivity index (χ1) is 11.8.